The van der Waals surface area contributed by atoms with Crippen molar-refractivity contribution in [1.82, 2.24) is 10.2 Å². The van der Waals surface area contributed by atoms with Gasteiger partial charge in [0.25, 0.3) is 5.91 Å². The molecule has 1 saturated heterocycles. The summed E-state index contributed by atoms with van der Waals surface area (Å²) in [5.74, 6) is -0.0743. The molecule has 29 heavy (non-hydrogen) atoms. The van der Waals surface area contributed by atoms with Crippen molar-refractivity contribution < 1.29 is 19.4 Å². The van der Waals surface area contributed by atoms with Gasteiger partial charge in [-0.1, -0.05) is 29.8 Å². The second-order valence-electron chi connectivity index (χ2n) is 6.46. The first-order chi connectivity index (χ1) is 13.9. The first-order valence-corrected chi connectivity index (χ1v) is 9.49. The van der Waals surface area contributed by atoms with Crippen LogP contribution in [0.25, 0.3) is 6.08 Å². The summed E-state index contributed by atoms with van der Waals surface area (Å²) >= 11 is 5.88. The molecule has 7 heteroatoms. The molecule has 0 saturated carbocycles. The number of imide groups is 1. The van der Waals surface area contributed by atoms with Crippen LogP contribution < -0.4 is 10.1 Å². The molecule has 3 rings (SSSR count). The van der Waals surface area contributed by atoms with Gasteiger partial charge in [-0.05, 0) is 54.8 Å². The van der Waals surface area contributed by atoms with E-state index in [1.807, 2.05) is 6.92 Å². The normalized spacial score (nSPS) is 15.0. The fraction of sp³-hybridized carbons (Fsp3) is 0.182. The number of hydrogen-bond acceptors (Lipinski definition) is 4. The summed E-state index contributed by atoms with van der Waals surface area (Å²) in [5, 5.41) is 13.5. The molecule has 1 aliphatic heterocycles. The maximum atomic E-state index is 12.7. The highest BCUT2D eigenvalue weighted by Crippen LogP contribution is 2.33. The van der Waals surface area contributed by atoms with Crippen molar-refractivity contribution in [2.24, 2.45) is 0 Å². The minimum Gasteiger partial charge on any atom is -0.504 e. The molecular weight excluding hydrogens is 392 g/mol. The topological polar surface area (TPSA) is 78.9 Å². The van der Waals surface area contributed by atoms with Gasteiger partial charge in [-0.3, -0.25) is 9.69 Å². The highest BCUT2D eigenvalue weighted by Gasteiger charge is 2.33. The third-order valence-electron chi connectivity index (χ3n) is 4.37. The number of nitrogens with one attached hydrogen (secondary N) is 1. The quantitative estimate of drug-likeness (QED) is 0.404. The van der Waals surface area contributed by atoms with E-state index in [9.17, 15) is 14.7 Å². The van der Waals surface area contributed by atoms with E-state index in [2.05, 4.69) is 11.9 Å². The molecule has 150 valence electrons. The molecule has 0 unspecified atom stereocenters. The number of carbonyl (C=O) groups is 2. The van der Waals surface area contributed by atoms with Gasteiger partial charge in [-0.2, -0.15) is 0 Å². The predicted octanol–water partition coefficient (Wildman–Crippen LogP) is 4.27. The number of aromatic hydroxyl groups is 1. The van der Waals surface area contributed by atoms with Gasteiger partial charge >= 0.3 is 6.03 Å². The van der Waals surface area contributed by atoms with E-state index in [1.54, 1.807) is 48.6 Å². The standard InChI is InChI=1S/C22H21ClN2O4/c1-3-5-16-10-15(12-19(20(16)26)29-4-2)11-18-21(27)25(22(28)24-18)13-14-6-8-17(23)9-7-14/h3,6-12,26H,1,4-5,13H2,2H3,(H,24,28)/b18-11-. The minimum atomic E-state index is -0.494. The van der Waals surface area contributed by atoms with Crippen molar-refractivity contribution in [2.75, 3.05) is 6.61 Å². The number of amides is 3. The van der Waals surface area contributed by atoms with Crippen LogP contribution in [0.3, 0.4) is 0 Å². The van der Waals surface area contributed by atoms with E-state index in [-0.39, 0.29) is 18.0 Å². The highest BCUT2D eigenvalue weighted by molar-refractivity contribution is 6.30. The lowest BCUT2D eigenvalue weighted by atomic mass is 10.0. The Hall–Kier alpha value is -3.25. The molecule has 1 heterocycles. The van der Waals surface area contributed by atoms with E-state index in [1.165, 1.54) is 0 Å². The third kappa shape index (κ3) is 4.60. The van der Waals surface area contributed by atoms with Crippen molar-refractivity contribution in [3.63, 3.8) is 0 Å². The van der Waals surface area contributed by atoms with Crippen LogP contribution in [0, 0.1) is 0 Å². The van der Waals surface area contributed by atoms with E-state index >= 15 is 0 Å². The number of hydrogen-bond donors (Lipinski definition) is 2. The SMILES string of the molecule is C=CCc1cc(/C=C2\NC(=O)N(Cc3ccc(Cl)cc3)C2=O)cc(OCC)c1O. The summed E-state index contributed by atoms with van der Waals surface area (Å²) in [4.78, 5) is 26.2. The lowest BCUT2D eigenvalue weighted by molar-refractivity contribution is -0.123. The maximum absolute atomic E-state index is 12.7. The van der Waals surface area contributed by atoms with E-state index in [0.717, 1.165) is 10.5 Å². The Morgan fingerprint density at radius 3 is 2.62 bits per heavy atom. The molecule has 0 bridgehead atoms. The van der Waals surface area contributed by atoms with Crippen molar-refractivity contribution >= 4 is 29.6 Å². The van der Waals surface area contributed by atoms with E-state index < -0.39 is 11.9 Å². The number of carbonyl (C=O) groups excluding carboxylic acids is 2. The molecular formula is C22H21ClN2O4. The molecule has 0 radical (unpaired) electrons. The fourth-order valence-corrected chi connectivity index (χ4v) is 3.13. The van der Waals surface area contributed by atoms with Gasteiger partial charge in [0.05, 0.1) is 13.2 Å². The molecule has 0 atom stereocenters. The molecule has 1 aliphatic rings. The van der Waals surface area contributed by atoms with Crippen LogP contribution in [0.4, 0.5) is 4.79 Å². The summed E-state index contributed by atoms with van der Waals surface area (Å²) < 4.78 is 5.48. The summed E-state index contributed by atoms with van der Waals surface area (Å²) in [6.45, 7) is 6.02. The maximum Gasteiger partial charge on any atom is 0.329 e. The summed E-state index contributed by atoms with van der Waals surface area (Å²) in [6.07, 6.45) is 3.67. The highest BCUT2D eigenvalue weighted by atomic mass is 35.5. The number of ether oxygens (including phenoxy) is 1. The first kappa shape index (κ1) is 20.5. The van der Waals surface area contributed by atoms with Gasteiger partial charge in [-0.25, -0.2) is 4.79 Å². The zero-order chi connectivity index (χ0) is 21.0. The number of halogens is 1. The molecule has 2 aromatic rings. The third-order valence-corrected chi connectivity index (χ3v) is 4.62. The van der Waals surface area contributed by atoms with Gasteiger partial charge in [0.2, 0.25) is 0 Å². The van der Waals surface area contributed by atoms with Crippen molar-refractivity contribution in [1.29, 1.82) is 0 Å². The Bertz CT molecular complexity index is 983. The van der Waals surface area contributed by atoms with Crippen LogP contribution in [-0.2, 0) is 17.8 Å². The molecule has 2 N–H and O–H groups in total. The summed E-state index contributed by atoms with van der Waals surface area (Å²) in [7, 11) is 0. The van der Waals surface area contributed by atoms with Crippen molar-refractivity contribution in [2.45, 2.75) is 19.9 Å². The Morgan fingerprint density at radius 1 is 1.24 bits per heavy atom. The van der Waals surface area contributed by atoms with Gasteiger partial charge in [-0.15, -0.1) is 6.58 Å². The van der Waals surface area contributed by atoms with Crippen LogP contribution in [0.2, 0.25) is 5.02 Å². The molecule has 1 fully saturated rings. The number of phenols is 1. The Labute approximate surface area is 174 Å². The minimum absolute atomic E-state index is 0.0417. The number of benzene rings is 2. The Kier molecular flexibility index (Phi) is 6.24. The molecule has 0 aromatic heterocycles. The van der Waals surface area contributed by atoms with Crippen LogP contribution in [0.5, 0.6) is 11.5 Å². The van der Waals surface area contributed by atoms with Gasteiger partial charge < -0.3 is 15.2 Å². The monoisotopic (exact) mass is 412 g/mol. The molecule has 6 nitrogen and oxygen atoms in total. The number of nitrogens with zero attached hydrogens (tertiary/aromatic N) is 1. The van der Waals surface area contributed by atoms with Crippen molar-refractivity contribution in [3.8, 4) is 11.5 Å². The van der Waals surface area contributed by atoms with Gasteiger partial charge in [0, 0.05) is 10.6 Å². The van der Waals surface area contributed by atoms with Crippen LogP contribution in [-0.4, -0.2) is 28.6 Å². The summed E-state index contributed by atoms with van der Waals surface area (Å²) in [6, 6.07) is 9.80. The predicted molar refractivity (Wildman–Crippen MR) is 112 cm³/mol. The lowest BCUT2D eigenvalue weighted by Gasteiger charge is -2.12. The average molecular weight is 413 g/mol. The van der Waals surface area contributed by atoms with Crippen molar-refractivity contribution in [3.05, 3.63) is 76.5 Å². The van der Waals surface area contributed by atoms with E-state index in [4.69, 9.17) is 16.3 Å². The molecule has 3 amide bonds. The number of allylic oxidation sites excluding steroid dienone is 1. The summed E-state index contributed by atoms with van der Waals surface area (Å²) in [5.41, 5.74) is 2.19. The number of rotatable bonds is 7. The van der Waals surface area contributed by atoms with Crippen LogP contribution in [0.1, 0.15) is 23.6 Å². The Morgan fingerprint density at radius 2 is 1.97 bits per heavy atom. The smallest absolute Gasteiger partial charge is 0.329 e. The van der Waals surface area contributed by atoms with Gasteiger partial charge in [0.1, 0.15) is 5.70 Å². The van der Waals surface area contributed by atoms with Crippen LogP contribution in [0.15, 0.2) is 54.8 Å². The first-order valence-electron chi connectivity index (χ1n) is 9.11. The number of phenolic OH excluding ortho intramolecular Hbond substituents is 1. The Balaban J connectivity index is 1.88. The average Bonchev–Trinajstić information content (AvgIpc) is 2.95. The largest absolute Gasteiger partial charge is 0.504 e. The lowest BCUT2D eigenvalue weighted by Crippen LogP contribution is -2.30. The van der Waals surface area contributed by atoms with E-state index in [0.29, 0.717) is 34.9 Å². The molecule has 0 aliphatic carbocycles. The zero-order valence-electron chi connectivity index (χ0n) is 15.9. The van der Waals surface area contributed by atoms with Gasteiger partial charge in [0.15, 0.2) is 11.5 Å². The second-order valence-corrected chi connectivity index (χ2v) is 6.89. The van der Waals surface area contributed by atoms with Crippen LogP contribution >= 0.6 is 11.6 Å². The molecule has 2 aromatic carbocycles. The second kappa shape index (κ2) is 8.84. The molecule has 0 spiro atoms. The number of urea groups is 1. The zero-order valence-corrected chi connectivity index (χ0v) is 16.7. The fourth-order valence-electron chi connectivity index (χ4n) is 3.00.